The Kier molecular flexibility index (Phi) is 5.24. The molecule has 2 heterocycles. The van der Waals surface area contributed by atoms with Crippen molar-refractivity contribution < 1.29 is 9.53 Å². The molecule has 1 aliphatic rings. The maximum Gasteiger partial charge on any atom is 0.357 e. The number of allylic oxidation sites excluding steroid dienone is 2. The summed E-state index contributed by atoms with van der Waals surface area (Å²) >= 11 is 0. The fourth-order valence-electron chi connectivity index (χ4n) is 2.85. The van der Waals surface area contributed by atoms with Gasteiger partial charge in [0.1, 0.15) is 6.61 Å². The second-order valence-corrected chi connectivity index (χ2v) is 6.29. The van der Waals surface area contributed by atoms with Crippen molar-refractivity contribution in [3.8, 4) is 11.3 Å². The average Bonchev–Trinajstić information content (AvgIpc) is 2.79. The van der Waals surface area contributed by atoms with Gasteiger partial charge >= 0.3 is 5.97 Å². The predicted molar refractivity (Wildman–Crippen MR) is 108 cm³/mol. The average molecular weight is 369 g/mol. The molecule has 0 atom stereocenters. The minimum absolute atomic E-state index is 0.201. The Morgan fingerprint density at radius 3 is 2.46 bits per heavy atom. The van der Waals surface area contributed by atoms with Gasteiger partial charge in [-0.15, -0.1) is 0 Å². The van der Waals surface area contributed by atoms with Gasteiger partial charge in [-0.3, -0.25) is 0 Å². The first-order valence-corrected chi connectivity index (χ1v) is 9.05. The standard InChI is InChI=1S/C23H19N3O2/c27-23(28-16-17-7-3-1-4-8-17)21-15-20(18-9-5-2-6-10-18)25-22(26-21)19-11-13-24-14-12-19/h1-13,15,24H,14,16H2. The SMILES string of the molecule is O=C(OCc1ccccc1)c1cc(-c2ccccc2)nc(C2=CCNC=C2)n1. The highest BCUT2D eigenvalue weighted by molar-refractivity contribution is 5.89. The number of carbonyl (C=O) groups excluding carboxylic acids is 1. The van der Waals surface area contributed by atoms with Gasteiger partial charge < -0.3 is 10.1 Å². The Morgan fingerprint density at radius 2 is 1.75 bits per heavy atom. The van der Waals surface area contributed by atoms with Gasteiger partial charge in [-0.25, -0.2) is 14.8 Å². The molecule has 1 aromatic heterocycles. The fourth-order valence-corrected chi connectivity index (χ4v) is 2.85. The van der Waals surface area contributed by atoms with Gasteiger partial charge in [0.2, 0.25) is 0 Å². The first-order valence-electron chi connectivity index (χ1n) is 9.05. The van der Waals surface area contributed by atoms with E-state index in [9.17, 15) is 4.79 Å². The smallest absolute Gasteiger partial charge is 0.357 e. The first-order chi connectivity index (χ1) is 13.8. The lowest BCUT2D eigenvalue weighted by Gasteiger charge is -2.11. The summed E-state index contributed by atoms with van der Waals surface area (Å²) < 4.78 is 5.47. The third-order valence-corrected chi connectivity index (χ3v) is 4.30. The van der Waals surface area contributed by atoms with E-state index in [4.69, 9.17) is 4.74 Å². The molecule has 0 spiro atoms. The summed E-state index contributed by atoms with van der Waals surface area (Å²) in [5.74, 6) is 0.0361. The van der Waals surface area contributed by atoms with E-state index >= 15 is 0 Å². The fraction of sp³-hybridized carbons (Fsp3) is 0.0870. The second kappa shape index (κ2) is 8.31. The second-order valence-electron chi connectivity index (χ2n) is 6.29. The van der Waals surface area contributed by atoms with Crippen LogP contribution in [0.1, 0.15) is 21.9 Å². The van der Waals surface area contributed by atoms with E-state index < -0.39 is 5.97 Å². The summed E-state index contributed by atoms with van der Waals surface area (Å²) in [6, 6.07) is 21.0. The van der Waals surface area contributed by atoms with Crippen molar-refractivity contribution in [2.45, 2.75) is 6.61 Å². The summed E-state index contributed by atoms with van der Waals surface area (Å²) in [5, 5.41) is 3.10. The molecule has 1 N–H and O–H groups in total. The Balaban J connectivity index is 1.66. The molecule has 0 unspecified atom stereocenters. The van der Waals surface area contributed by atoms with Crippen LogP contribution in [0.25, 0.3) is 16.8 Å². The zero-order chi connectivity index (χ0) is 19.2. The van der Waals surface area contributed by atoms with Crippen LogP contribution in [0, 0.1) is 0 Å². The molecular weight excluding hydrogens is 350 g/mol. The molecule has 0 saturated heterocycles. The lowest BCUT2D eigenvalue weighted by molar-refractivity contribution is 0.0465. The molecule has 2 aromatic carbocycles. The van der Waals surface area contributed by atoms with Crippen LogP contribution in [-0.4, -0.2) is 22.5 Å². The number of esters is 1. The van der Waals surface area contributed by atoms with Gasteiger partial charge in [0, 0.05) is 17.7 Å². The number of hydrogen-bond donors (Lipinski definition) is 1. The number of hydrogen-bond acceptors (Lipinski definition) is 5. The Hall–Kier alpha value is -3.73. The number of ether oxygens (including phenoxy) is 1. The quantitative estimate of drug-likeness (QED) is 0.689. The van der Waals surface area contributed by atoms with Crippen molar-refractivity contribution in [3.05, 3.63) is 102 Å². The Morgan fingerprint density at radius 1 is 1.00 bits per heavy atom. The van der Waals surface area contributed by atoms with Crippen LogP contribution < -0.4 is 5.32 Å². The van der Waals surface area contributed by atoms with Gasteiger partial charge in [0.15, 0.2) is 11.5 Å². The molecule has 0 saturated carbocycles. The van der Waals surface area contributed by atoms with Crippen LogP contribution >= 0.6 is 0 Å². The molecule has 28 heavy (non-hydrogen) atoms. The van der Waals surface area contributed by atoms with Crippen molar-refractivity contribution in [2.24, 2.45) is 0 Å². The molecule has 0 aliphatic carbocycles. The lowest BCUT2D eigenvalue weighted by atomic mass is 10.1. The molecule has 0 fully saturated rings. The highest BCUT2D eigenvalue weighted by Crippen LogP contribution is 2.22. The molecule has 4 rings (SSSR count). The summed E-state index contributed by atoms with van der Waals surface area (Å²) in [5.41, 5.74) is 3.64. The Labute approximate surface area is 163 Å². The van der Waals surface area contributed by atoms with E-state index in [0.29, 0.717) is 18.1 Å². The molecule has 3 aromatic rings. The minimum Gasteiger partial charge on any atom is -0.456 e. The van der Waals surface area contributed by atoms with Gasteiger partial charge in [-0.1, -0.05) is 66.7 Å². The van der Waals surface area contributed by atoms with E-state index in [0.717, 1.165) is 16.7 Å². The predicted octanol–water partition coefficient (Wildman–Crippen LogP) is 4.00. The number of rotatable bonds is 5. The molecule has 5 heteroatoms. The number of carbonyl (C=O) groups is 1. The van der Waals surface area contributed by atoms with Gasteiger partial charge in [-0.05, 0) is 23.9 Å². The van der Waals surface area contributed by atoms with Crippen molar-refractivity contribution in [2.75, 3.05) is 6.54 Å². The van der Waals surface area contributed by atoms with Crippen LogP contribution in [0.4, 0.5) is 0 Å². The number of benzene rings is 2. The number of dihydropyridines is 1. The van der Waals surface area contributed by atoms with Gasteiger partial charge in [0.05, 0.1) is 5.69 Å². The molecule has 5 nitrogen and oxygen atoms in total. The van der Waals surface area contributed by atoms with Gasteiger partial charge in [0.25, 0.3) is 0 Å². The minimum atomic E-state index is -0.469. The van der Waals surface area contributed by atoms with E-state index in [1.54, 1.807) is 6.07 Å². The van der Waals surface area contributed by atoms with Crippen molar-refractivity contribution in [3.63, 3.8) is 0 Å². The summed E-state index contributed by atoms with van der Waals surface area (Å²) in [6.45, 7) is 0.894. The highest BCUT2D eigenvalue weighted by Gasteiger charge is 2.16. The third kappa shape index (κ3) is 4.15. The monoisotopic (exact) mass is 369 g/mol. The maximum absolute atomic E-state index is 12.7. The van der Waals surface area contributed by atoms with Crippen LogP contribution in [0.2, 0.25) is 0 Å². The Bertz CT molecular complexity index is 1030. The highest BCUT2D eigenvalue weighted by atomic mass is 16.5. The van der Waals surface area contributed by atoms with Crippen LogP contribution in [0.5, 0.6) is 0 Å². The van der Waals surface area contributed by atoms with E-state index in [-0.39, 0.29) is 12.3 Å². The van der Waals surface area contributed by atoms with E-state index in [1.165, 1.54) is 0 Å². The molecule has 0 amide bonds. The largest absolute Gasteiger partial charge is 0.456 e. The van der Waals surface area contributed by atoms with E-state index in [1.807, 2.05) is 79.0 Å². The van der Waals surface area contributed by atoms with E-state index in [2.05, 4.69) is 15.3 Å². The zero-order valence-corrected chi connectivity index (χ0v) is 15.2. The summed E-state index contributed by atoms with van der Waals surface area (Å²) in [4.78, 5) is 21.8. The van der Waals surface area contributed by atoms with Crippen molar-refractivity contribution in [1.82, 2.24) is 15.3 Å². The number of nitrogens with zero attached hydrogens (tertiary/aromatic N) is 2. The van der Waals surface area contributed by atoms with Crippen molar-refractivity contribution in [1.29, 1.82) is 0 Å². The van der Waals surface area contributed by atoms with Crippen LogP contribution in [-0.2, 0) is 11.3 Å². The third-order valence-electron chi connectivity index (χ3n) is 4.30. The normalized spacial score (nSPS) is 12.8. The first kappa shape index (κ1) is 17.7. The van der Waals surface area contributed by atoms with Crippen LogP contribution in [0.15, 0.2) is 85.1 Å². The van der Waals surface area contributed by atoms with Crippen LogP contribution in [0.3, 0.4) is 0 Å². The topological polar surface area (TPSA) is 64.1 Å². The maximum atomic E-state index is 12.7. The summed E-state index contributed by atoms with van der Waals surface area (Å²) in [7, 11) is 0. The van der Waals surface area contributed by atoms with Gasteiger partial charge in [-0.2, -0.15) is 0 Å². The molecule has 0 radical (unpaired) electrons. The summed E-state index contributed by atoms with van der Waals surface area (Å²) in [6.07, 6.45) is 5.73. The van der Waals surface area contributed by atoms with Crippen molar-refractivity contribution >= 4 is 11.5 Å². The molecule has 0 bridgehead atoms. The molecule has 1 aliphatic heterocycles. The lowest BCUT2D eigenvalue weighted by Crippen LogP contribution is -2.13. The molecular formula is C23H19N3O2. The zero-order valence-electron chi connectivity index (χ0n) is 15.2. The number of aromatic nitrogens is 2. The number of nitrogens with one attached hydrogen (secondary N) is 1. The molecule has 138 valence electrons.